The number of hydrogen-bond acceptors (Lipinski definition) is 5. The minimum Gasteiger partial charge on any atom is -0.506 e. The summed E-state index contributed by atoms with van der Waals surface area (Å²) in [5, 5.41) is 14.0. The minimum atomic E-state index is -3.81. The maximum Gasteiger partial charge on any atom is 0.262 e. The highest BCUT2D eigenvalue weighted by Gasteiger charge is 2.24. The second-order valence-corrected chi connectivity index (χ2v) is 10.9. The molecule has 1 heterocycles. The van der Waals surface area contributed by atoms with E-state index in [1.54, 1.807) is 37.4 Å². The van der Waals surface area contributed by atoms with E-state index in [4.69, 9.17) is 4.74 Å². The zero-order valence-corrected chi connectivity index (χ0v) is 21.2. The summed E-state index contributed by atoms with van der Waals surface area (Å²) in [7, 11) is -2.20. The van der Waals surface area contributed by atoms with Crippen LogP contribution in [-0.4, -0.2) is 27.2 Å². The zero-order chi connectivity index (χ0) is 22.9. The number of aromatic hydroxyl groups is 1. The third kappa shape index (κ3) is 4.80. The molecule has 0 aliphatic carbocycles. The molecule has 9 heteroatoms. The van der Waals surface area contributed by atoms with Gasteiger partial charge in [0.2, 0.25) is 0 Å². The van der Waals surface area contributed by atoms with Crippen LogP contribution in [0.25, 0.3) is 0 Å². The molecule has 1 aliphatic heterocycles. The Morgan fingerprint density at radius 1 is 1.12 bits per heavy atom. The van der Waals surface area contributed by atoms with E-state index in [-0.39, 0.29) is 22.4 Å². The molecule has 0 spiro atoms. The summed E-state index contributed by atoms with van der Waals surface area (Å²) in [6.07, 6.45) is 1.44. The molecule has 1 atom stereocenters. The SMILES string of the molecule is COc1c(Br)cc(CC2NCCc3cc(O)c(NS(=O)(=O)c4ccccc4)cc32)cc1Br. The summed E-state index contributed by atoms with van der Waals surface area (Å²) in [6, 6.07) is 15.5. The van der Waals surface area contributed by atoms with Crippen LogP contribution in [0.2, 0.25) is 0 Å². The van der Waals surface area contributed by atoms with Crippen LogP contribution in [0.4, 0.5) is 5.69 Å². The topological polar surface area (TPSA) is 87.7 Å². The van der Waals surface area contributed by atoms with E-state index in [0.717, 1.165) is 44.4 Å². The van der Waals surface area contributed by atoms with Crippen molar-refractivity contribution in [2.45, 2.75) is 23.8 Å². The Labute approximate surface area is 204 Å². The van der Waals surface area contributed by atoms with Crippen molar-refractivity contribution in [1.82, 2.24) is 5.32 Å². The molecule has 0 aromatic heterocycles. The van der Waals surface area contributed by atoms with Gasteiger partial charge in [-0.25, -0.2) is 8.42 Å². The van der Waals surface area contributed by atoms with Gasteiger partial charge in [-0.15, -0.1) is 0 Å². The normalized spacial score (nSPS) is 15.8. The number of fused-ring (bicyclic) bond motifs is 1. The number of phenolic OH excluding ortho intramolecular Hbond substituents is 1. The predicted octanol–water partition coefficient (Wildman–Crippen LogP) is 5.16. The smallest absolute Gasteiger partial charge is 0.262 e. The lowest BCUT2D eigenvalue weighted by molar-refractivity contribution is 0.409. The first-order valence-corrected chi connectivity index (χ1v) is 13.0. The van der Waals surface area contributed by atoms with Crippen molar-refractivity contribution in [1.29, 1.82) is 0 Å². The summed E-state index contributed by atoms with van der Waals surface area (Å²) in [6.45, 7) is 0.769. The number of rotatable bonds is 6. The molecule has 3 aromatic carbocycles. The molecule has 6 nitrogen and oxygen atoms in total. The summed E-state index contributed by atoms with van der Waals surface area (Å²) in [5.74, 6) is 0.645. The van der Waals surface area contributed by atoms with Gasteiger partial charge in [0.25, 0.3) is 10.0 Å². The van der Waals surface area contributed by atoms with Gasteiger partial charge in [0, 0.05) is 6.04 Å². The maximum absolute atomic E-state index is 12.8. The molecule has 168 valence electrons. The average Bonchev–Trinajstić information content (AvgIpc) is 2.75. The monoisotopic (exact) mass is 580 g/mol. The highest BCUT2D eigenvalue weighted by atomic mass is 79.9. The quantitative estimate of drug-likeness (QED) is 0.350. The first-order chi connectivity index (χ1) is 15.3. The Bertz CT molecular complexity index is 1230. The molecule has 3 aromatic rings. The van der Waals surface area contributed by atoms with E-state index in [1.165, 1.54) is 12.1 Å². The fourth-order valence-corrected chi connectivity index (χ4v) is 6.60. The van der Waals surface area contributed by atoms with E-state index in [2.05, 4.69) is 41.9 Å². The van der Waals surface area contributed by atoms with Crippen LogP contribution in [0.15, 0.2) is 68.4 Å². The highest BCUT2D eigenvalue weighted by Crippen LogP contribution is 2.38. The van der Waals surface area contributed by atoms with E-state index in [1.807, 2.05) is 12.1 Å². The minimum absolute atomic E-state index is 0.0356. The number of halogens is 2. The molecule has 3 N–H and O–H groups in total. The van der Waals surface area contributed by atoms with Crippen LogP contribution in [-0.2, 0) is 22.9 Å². The van der Waals surface area contributed by atoms with E-state index in [9.17, 15) is 13.5 Å². The molecule has 0 amide bonds. The fourth-order valence-electron chi connectivity index (χ4n) is 3.91. The van der Waals surface area contributed by atoms with Crippen LogP contribution in [0.5, 0.6) is 11.5 Å². The summed E-state index contributed by atoms with van der Waals surface area (Å²) in [5.41, 5.74) is 3.20. The zero-order valence-electron chi connectivity index (χ0n) is 17.2. The van der Waals surface area contributed by atoms with Gasteiger partial charge in [-0.05, 0) is 104 Å². The Morgan fingerprint density at radius 2 is 1.81 bits per heavy atom. The van der Waals surface area contributed by atoms with Crippen molar-refractivity contribution >= 4 is 47.6 Å². The molecule has 0 saturated heterocycles. The molecule has 0 bridgehead atoms. The van der Waals surface area contributed by atoms with Crippen LogP contribution >= 0.6 is 31.9 Å². The molecule has 0 radical (unpaired) electrons. The summed E-state index contributed by atoms with van der Waals surface area (Å²) >= 11 is 7.09. The van der Waals surface area contributed by atoms with E-state index in [0.29, 0.717) is 6.42 Å². The number of hydrogen-bond donors (Lipinski definition) is 3. The van der Waals surface area contributed by atoms with Gasteiger partial charge < -0.3 is 15.2 Å². The predicted molar refractivity (Wildman–Crippen MR) is 132 cm³/mol. The number of anilines is 1. The van der Waals surface area contributed by atoms with E-state index >= 15 is 0 Å². The highest BCUT2D eigenvalue weighted by molar-refractivity contribution is 9.11. The van der Waals surface area contributed by atoms with E-state index < -0.39 is 10.0 Å². The molecule has 32 heavy (non-hydrogen) atoms. The second kappa shape index (κ2) is 9.43. The molecule has 1 aliphatic rings. The number of sulfonamides is 1. The van der Waals surface area contributed by atoms with Crippen molar-refractivity contribution < 1.29 is 18.3 Å². The van der Waals surface area contributed by atoms with Crippen molar-refractivity contribution in [2.24, 2.45) is 0 Å². The number of nitrogens with one attached hydrogen (secondary N) is 2. The number of ether oxygens (including phenoxy) is 1. The second-order valence-electron chi connectivity index (χ2n) is 7.54. The van der Waals surface area contributed by atoms with Gasteiger partial charge >= 0.3 is 0 Å². The van der Waals surface area contributed by atoms with Crippen LogP contribution in [0.1, 0.15) is 22.7 Å². The van der Waals surface area contributed by atoms with Crippen LogP contribution in [0, 0.1) is 0 Å². The molecular weight excluding hydrogens is 560 g/mol. The Morgan fingerprint density at radius 3 is 2.47 bits per heavy atom. The van der Waals surface area contributed by atoms with Crippen molar-refractivity contribution in [2.75, 3.05) is 18.4 Å². The number of benzene rings is 3. The molecular formula is C23H22Br2N2O4S. The Balaban J connectivity index is 1.66. The third-order valence-corrected chi connectivity index (χ3v) is 7.98. The Kier molecular flexibility index (Phi) is 6.80. The van der Waals surface area contributed by atoms with Crippen LogP contribution in [0.3, 0.4) is 0 Å². The first kappa shape index (κ1) is 23.1. The lowest BCUT2D eigenvalue weighted by Gasteiger charge is -2.28. The molecule has 4 rings (SSSR count). The van der Waals surface area contributed by atoms with Crippen molar-refractivity contribution in [3.63, 3.8) is 0 Å². The molecule has 0 saturated carbocycles. The van der Waals surface area contributed by atoms with Gasteiger partial charge in [0.15, 0.2) is 0 Å². The average molecular weight is 582 g/mol. The molecule has 0 fully saturated rings. The standard InChI is InChI=1S/C23H22Br2N2O4S/c1-31-23-18(24)9-14(10-19(23)25)11-20-17-13-21(22(28)12-15(17)7-8-26-20)27-32(29,30)16-5-3-2-4-6-16/h2-6,9-10,12-13,20,26-28H,7-8,11H2,1H3. The van der Waals surface area contributed by atoms with Crippen LogP contribution < -0.4 is 14.8 Å². The molecule has 1 unspecified atom stereocenters. The van der Waals surface area contributed by atoms with Gasteiger partial charge in [0.05, 0.1) is 26.6 Å². The summed E-state index contributed by atoms with van der Waals surface area (Å²) < 4.78 is 35.2. The first-order valence-electron chi connectivity index (χ1n) is 9.97. The maximum atomic E-state index is 12.8. The lowest BCUT2D eigenvalue weighted by Crippen LogP contribution is -2.31. The third-order valence-electron chi connectivity index (χ3n) is 5.42. The lowest BCUT2D eigenvalue weighted by atomic mass is 9.89. The summed E-state index contributed by atoms with van der Waals surface area (Å²) in [4.78, 5) is 0.139. The largest absolute Gasteiger partial charge is 0.506 e. The fraction of sp³-hybridized carbons (Fsp3) is 0.217. The number of methoxy groups -OCH3 is 1. The van der Waals surface area contributed by atoms with Gasteiger partial charge in [-0.3, -0.25) is 4.72 Å². The van der Waals surface area contributed by atoms with Crippen molar-refractivity contribution in [3.8, 4) is 11.5 Å². The van der Waals surface area contributed by atoms with Gasteiger partial charge in [0.1, 0.15) is 11.5 Å². The van der Waals surface area contributed by atoms with Gasteiger partial charge in [-0.1, -0.05) is 18.2 Å². The van der Waals surface area contributed by atoms with Gasteiger partial charge in [-0.2, -0.15) is 0 Å². The Hall–Kier alpha value is -2.07. The van der Waals surface area contributed by atoms with Crippen molar-refractivity contribution in [3.05, 3.63) is 80.2 Å². The number of phenols is 1.